The number of amides is 2. The van der Waals surface area contributed by atoms with E-state index in [0.29, 0.717) is 22.6 Å². The van der Waals surface area contributed by atoms with Crippen LogP contribution in [0.3, 0.4) is 0 Å². The number of rotatable bonds is 5. The largest absolute Gasteiger partial charge is 0.504 e. The average Bonchev–Trinajstić information content (AvgIpc) is 2.65. The van der Waals surface area contributed by atoms with Crippen LogP contribution >= 0.6 is 0 Å². The van der Waals surface area contributed by atoms with Gasteiger partial charge in [0.1, 0.15) is 5.75 Å². The smallest absolute Gasteiger partial charge is 0.269 e. The van der Waals surface area contributed by atoms with Crippen LogP contribution in [0.4, 0.5) is 0 Å². The molecule has 130 valence electrons. The number of hydrazine groups is 1. The SMILES string of the molecule is COc1ccc(C(=O)NNC(=O)/C=C/c2ccc(O)c(OC)c2)cc1. The predicted molar refractivity (Wildman–Crippen MR) is 92.3 cm³/mol. The van der Waals surface area contributed by atoms with Gasteiger partial charge < -0.3 is 14.6 Å². The number of phenolic OH excluding ortho intramolecular Hbond substituents is 1. The molecule has 0 aliphatic rings. The molecular formula is C18H18N2O5. The molecule has 7 heteroatoms. The van der Waals surface area contributed by atoms with Gasteiger partial charge in [0.2, 0.25) is 0 Å². The molecule has 25 heavy (non-hydrogen) atoms. The lowest BCUT2D eigenvalue weighted by atomic mass is 10.2. The van der Waals surface area contributed by atoms with Gasteiger partial charge in [-0.05, 0) is 48.0 Å². The van der Waals surface area contributed by atoms with E-state index in [-0.39, 0.29) is 5.75 Å². The monoisotopic (exact) mass is 342 g/mol. The fraction of sp³-hybridized carbons (Fsp3) is 0.111. The molecule has 0 fully saturated rings. The molecule has 0 spiro atoms. The van der Waals surface area contributed by atoms with Gasteiger partial charge in [-0.25, -0.2) is 0 Å². The molecule has 2 amide bonds. The molecular weight excluding hydrogens is 324 g/mol. The molecule has 0 aliphatic heterocycles. The molecule has 0 unspecified atom stereocenters. The van der Waals surface area contributed by atoms with E-state index < -0.39 is 11.8 Å². The summed E-state index contributed by atoms with van der Waals surface area (Å²) >= 11 is 0. The molecule has 0 heterocycles. The van der Waals surface area contributed by atoms with E-state index in [1.807, 2.05) is 0 Å². The standard InChI is InChI=1S/C18H18N2O5/c1-24-14-7-5-13(6-8-14)18(23)20-19-17(22)10-4-12-3-9-15(21)16(11-12)25-2/h3-11,21H,1-2H3,(H,19,22)(H,20,23)/b10-4+. The summed E-state index contributed by atoms with van der Waals surface area (Å²) < 4.78 is 10.00. The number of methoxy groups -OCH3 is 2. The maximum atomic E-state index is 11.9. The Kier molecular flexibility index (Phi) is 6.00. The van der Waals surface area contributed by atoms with Crippen LogP contribution in [-0.2, 0) is 4.79 Å². The molecule has 2 aromatic rings. The van der Waals surface area contributed by atoms with E-state index in [4.69, 9.17) is 9.47 Å². The Morgan fingerprint density at radius 2 is 1.72 bits per heavy atom. The highest BCUT2D eigenvalue weighted by atomic mass is 16.5. The zero-order valence-corrected chi connectivity index (χ0v) is 13.8. The van der Waals surface area contributed by atoms with Crippen LogP contribution in [0.25, 0.3) is 6.08 Å². The summed E-state index contributed by atoms with van der Waals surface area (Å²) in [6, 6.07) is 11.1. The number of hydrogen-bond donors (Lipinski definition) is 3. The molecule has 2 rings (SSSR count). The lowest BCUT2D eigenvalue weighted by Crippen LogP contribution is -2.40. The van der Waals surface area contributed by atoms with Crippen LogP contribution in [0.1, 0.15) is 15.9 Å². The summed E-state index contributed by atoms with van der Waals surface area (Å²) in [6.07, 6.45) is 2.77. The number of phenols is 1. The van der Waals surface area contributed by atoms with Gasteiger partial charge in [0, 0.05) is 11.6 Å². The zero-order valence-electron chi connectivity index (χ0n) is 13.8. The fourth-order valence-electron chi connectivity index (χ4n) is 1.94. The number of carbonyl (C=O) groups excluding carboxylic acids is 2. The van der Waals surface area contributed by atoms with Crippen molar-refractivity contribution in [3.63, 3.8) is 0 Å². The first-order valence-corrected chi connectivity index (χ1v) is 7.33. The second-order valence-corrected chi connectivity index (χ2v) is 4.94. The van der Waals surface area contributed by atoms with Crippen molar-refractivity contribution in [1.29, 1.82) is 0 Å². The number of aromatic hydroxyl groups is 1. The first-order valence-electron chi connectivity index (χ1n) is 7.33. The number of carbonyl (C=O) groups is 2. The summed E-state index contributed by atoms with van der Waals surface area (Å²) in [5.41, 5.74) is 5.63. The average molecular weight is 342 g/mol. The van der Waals surface area contributed by atoms with Crippen LogP contribution in [0.5, 0.6) is 17.2 Å². The van der Waals surface area contributed by atoms with Crippen LogP contribution in [-0.4, -0.2) is 31.1 Å². The van der Waals surface area contributed by atoms with Crippen molar-refractivity contribution in [1.82, 2.24) is 10.9 Å². The van der Waals surface area contributed by atoms with Crippen molar-refractivity contribution in [2.45, 2.75) is 0 Å². The second kappa shape index (κ2) is 8.39. The highest BCUT2D eigenvalue weighted by Gasteiger charge is 2.06. The lowest BCUT2D eigenvalue weighted by molar-refractivity contribution is -0.117. The molecule has 0 aliphatic carbocycles. The van der Waals surface area contributed by atoms with E-state index in [2.05, 4.69) is 10.9 Å². The van der Waals surface area contributed by atoms with Crippen molar-refractivity contribution in [3.05, 3.63) is 59.7 Å². The van der Waals surface area contributed by atoms with Crippen LogP contribution in [0.15, 0.2) is 48.5 Å². The number of nitrogens with one attached hydrogen (secondary N) is 2. The topological polar surface area (TPSA) is 96.9 Å². The van der Waals surface area contributed by atoms with E-state index in [1.54, 1.807) is 36.4 Å². The molecule has 0 atom stereocenters. The van der Waals surface area contributed by atoms with Gasteiger partial charge in [-0.15, -0.1) is 0 Å². The molecule has 0 saturated heterocycles. The summed E-state index contributed by atoms with van der Waals surface area (Å²) in [5, 5.41) is 9.52. The molecule has 2 aromatic carbocycles. The minimum absolute atomic E-state index is 0.0101. The van der Waals surface area contributed by atoms with Gasteiger partial charge in [0.05, 0.1) is 14.2 Å². The summed E-state index contributed by atoms with van der Waals surface area (Å²) in [4.78, 5) is 23.7. The zero-order chi connectivity index (χ0) is 18.2. The Labute approximate surface area is 144 Å². The van der Waals surface area contributed by atoms with Gasteiger partial charge in [-0.1, -0.05) is 6.07 Å². The predicted octanol–water partition coefficient (Wildman–Crippen LogP) is 1.88. The van der Waals surface area contributed by atoms with Crippen molar-refractivity contribution in [3.8, 4) is 17.2 Å². The molecule has 3 N–H and O–H groups in total. The maximum absolute atomic E-state index is 11.9. The van der Waals surface area contributed by atoms with Gasteiger partial charge in [0.25, 0.3) is 11.8 Å². The van der Waals surface area contributed by atoms with Crippen LogP contribution in [0, 0.1) is 0 Å². The summed E-state index contributed by atoms with van der Waals surface area (Å²) in [6.45, 7) is 0. The molecule has 0 radical (unpaired) electrons. The number of hydrogen-bond acceptors (Lipinski definition) is 5. The normalized spacial score (nSPS) is 10.3. The number of ether oxygens (including phenoxy) is 2. The number of benzene rings is 2. The Morgan fingerprint density at radius 3 is 2.36 bits per heavy atom. The third kappa shape index (κ3) is 5.00. The van der Waals surface area contributed by atoms with E-state index in [9.17, 15) is 14.7 Å². The first kappa shape index (κ1) is 17.9. The highest BCUT2D eigenvalue weighted by molar-refractivity contribution is 5.98. The van der Waals surface area contributed by atoms with Crippen LogP contribution < -0.4 is 20.3 Å². The Morgan fingerprint density at radius 1 is 1.00 bits per heavy atom. The molecule has 0 aromatic heterocycles. The lowest BCUT2D eigenvalue weighted by Gasteiger charge is -2.06. The highest BCUT2D eigenvalue weighted by Crippen LogP contribution is 2.26. The Balaban J connectivity index is 1.90. The van der Waals surface area contributed by atoms with E-state index in [0.717, 1.165) is 0 Å². The van der Waals surface area contributed by atoms with E-state index >= 15 is 0 Å². The van der Waals surface area contributed by atoms with Crippen LogP contribution in [0.2, 0.25) is 0 Å². The first-order chi connectivity index (χ1) is 12.0. The van der Waals surface area contributed by atoms with Gasteiger partial charge in [-0.2, -0.15) is 0 Å². The third-order valence-corrected chi connectivity index (χ3v) is 3.28. The minimum atomic E-state index is -0.506. The van der Waals surface area contributed by atoms with Crippen molar-refractivity contribution < 1.29 is 24.2 Å². The van der Waals surface area contributed by atoms with Gasteiger partial charge in [-0.3, -0.25) is 20.4 Å². The fourth-order valence-corrected chi connectivity index (χ4v) is 1.94. The van der Waals surface area contributed by atoms with E-state index in [1.165, 1.54) is 32.4 Å². The molecule has 7 nitrogen and oxygen atoms in total. The van der Waals surface area contributed by atoms with Crippen molar-refractivity contribution in [2.24, 2.45) is 0 Å². The molecule has 0 bridgehead atoms. The maximum Gasteiger partial charge on any atom is 0.269 e. The van der Waals surface area contributed by atoms with Gasteiger partial charge >= 0.3 is 0 Å². The quantitative estimate of drug-likeness (QED) is 0.569. The summed E-state index contributed by atoms with van der Waals surface area (Å²) in [7, 11) is 2.97. The summed E-state index contributed by atoms with van der Waals surface area (Å²) in [5.74, 6) is -0.0105. The molecule has 0 saturated carbocycles. The Hall–Kier alpha value is -3.48. The van der Waals surface area contributed by atoms with Gasteiger partial charge in [0.15, 0.2) is 11.5 Å². The van der Waals surface area contributed by atoms with Crippen molar-refractivity contribution in [2.75, 3.05) is 14.2 Å². The second-order valence-electron chi connectivity index (χ2n) is 4.94. The Bertz CT molecular complexity index is 785. The third-order valence-electron chi connectivity index (χ3n) is 3.28. The van der Waals surface area contributed by atoms with Crippen molar-refractivity contribution >= 4 is 17.9 Å². The minimum Gasteiger partial charge on any atom is -0.504 e.